The lowest BCUT2D eigenvalue weighted by atomic mass is 10.2. The number of hydrogen-bond donors (Lipinski definition) is 1. The van der Waals surface area contributed by atoms with Crippen molar-refractivity contribution in [3.63, 3.8) is 0 Å². The third-order valence-corrected chi connectivity index (χ3v) is 3.68. The van der Waals surface area contributed by atoms with Gasteiger partial charge in [-0.15, -0.1) is 0 Å². The normalized spacial score (nSPS) is 11.2. The predicted molar refractivity (Wildman–Crippen MR) is 61.5 cm³/mol. The van der Waals surface area contributed by atoms with Crippen molar-refractivity contribution in [2.45, 2.75) is 11.8 Å². The number of carbonyl (C=O) groups excluding carboxylic acids is 1. The van der Waals surface area contributed by atoms with Crippen molar-refractivity contribution in [2.75, 3.05) is 6.61 Å². The number of esters is 1. The summed E-state index contributed by atoms with van der Waals surface area (Å²) < 4.78 is 27.6. The highest BCUT2D eigenvalue weighted by Crippen LogP contribution is 2.25. The lowest BCUT2D eigenvalue weighted by molar-refractivity contribution is 0.0521. The molecule has 0 aliphatic rings. The first kappa shape index (κ1) is 13.1. The van der Waals surface area contributed by atoms with Crippen molar-refractivity contribution < 1.29 is 17.9 Å². The smallest absolute Gasteiger partial charge is 0.339 e. The Balaban J connectivity index is 3.41. The fraction of sp³-hybridized carbons (Fsp3) is 0.222. The monoisotopic (exact) mass is 307 g/mol. The van der Waals surface area contributed by atoms with Crippen molar-refractivity contribution in [1.82, 2.24) is 0 Å². The van der Waals surface area contributed by atoms with Crippen LogP contribution in [0.15, 0.2) is 27.6 Å². The van der Waals surface area contributed by atoms with Gasteiger partial charge in [-0.2, -0.15) is 0 Å². The number of sulfonamides is 1. The van der Waals surface area contributed by atoms with Gasteiger partial charge in [0.05, 0.1) is 12.2 Å². The van der Waals surface area contributed by atoms with Crippen LogP contribution in [0.1, 0.15) is 17.3 Å². The van der Waals surface area contributed by atoms with Gasteiger partial charge in [0.25, 0.3) is 0 Å². The molecular formula is C9H10BrNO4S. The molecule has 1 aromatic rings. The number of benzene rings is 1. The van der Waals surface area contributed by atoms with Crippen molar-refractivity contribution >= 4 is 31.9 Å². The number of hydrogen-bond acceptors (Lipinski definition) is 4. The summed E-state index contributed by atoms with van der Waals surface area (Å²) in [5, 5.41) is 5.03. The summed E-state index contributed by atoms with van der Waals surface area (Å²) in [5.41, 5.74) is -0.0706. The summed E-state index contributed by atoms with van der Waals surface area (Å²) in [7, 11) is -3.98. The largest absolute Gasteiger partial charge is 0.462 e. The van der Waals surface area contributed by atoms with E-state index in [-0.39, 0.29) is 21.5 Å². The molecule has 0 radical (unpaired) electrons. The van der Waals surface area contributed by atoms with E-state index in [2.05, 4.69) is 15.9 Å². The van der Waals surface area contributed by atoms with E-state index in [1.54, 1.807) is 6.92 Å². The number of halogens is 1. The SMILES string of the molecule is CCOC(=O)c1cccc(Br)c1S(N)(=O)=O. The molecule has 0 aliphatic heterocycles. The molecule has 0 saturated carbocycles. The Bertz CT molecular complexity index is 512. The molecule has 1 aromatic carbocycles. The summed E-state index contributed by atoms with van der Waals surface area (Å²) in [6.45, 7) is 1.79. The Morgan fingerprint density at radius 1 is 1.50 bits per heavy atom. The second kappa shape index (κ2) is 4.94. The first-order chi connectivity index (χ1) is 7.38. The van der Waals surface area contributed by atoms with Gasteiger partial charge < -0.3 is 4.74 Å². The minimum atomic E-state index is -3.98. The van der Waals surface area contributed by atoms with Gasteiger partial charge in [0, 0.05) is 4.47 Å². The lowest BCUT2D eigenvalue weighted by Gasteiger charge is -2.08. The highest BCUT2D eigenvalue weighted by atomic mass is 79.9. The summed E-state index contributed by atoms with van der Waals surface area (Å²) in [6.07, 6.45) is 0. The maximum Gasteiger partial charge on any atom is 0.339 e. The Hall–Kier alpha value is -0.920. The van der Waals surface area contributed by atoms with E-state index in [1.807, 2.05) is 0 Å². The molecule has 7 heteroatoms. The molecule has 0 fully saturated rings. The minimum Gasteiger partial charge on any atom is -0.462 e. The molecule has 88 valence electrons. The second-order valence-corrected chi connectivity index (χ2v) is 5.23. The van der Waals surface area contributed by atoms with Gasteiger partial charge in [0.2, 0.25) is 10.0 Å². The number of carbonyl (C=O) groups is 1. The summed E-state index contributed by atoms with van der Waals surface area (Å²) >= 11 is 3.04. The van der Waals surface area contributed by atoms with Crippen LogP contribution < -0.4 is 5.14 Å². The van der Waals surface area contributed by atoms with Crippen LogP contribution in [0.3, 0.4) is 0 Å². The second-order valence-electron chi connectivity index (χ2n) is 2.88. The van der Waals surface area contributed by atoms with Gasteiger partial charge in [-0.1, -0.05) is 6.07 Å². The Labute approximate surface area is 102 Å². The molecule has 5 nitrogen and oxygen atoms in total. The van der Waals surface area contributed by atoms with Gasteiger partial charge >= 0.3 is 5.97 Å². The van der Waals surface area contributed by atoms with Gasteiger partial charge in [-0.05, 0) is 35.0 Å². The molecule has 0 amide bonds. The number of nitrogens with two attached hydrogens (primary N) is 1. The molecule has 0 unspecified atom stereocenters. The fourth-order valence-electron chi connectivity index (χ4n) is 1.17. The third-order valence-electron chi connectivity index (χ3n) is 1.75. The van der Waals surface area contributed by atoms with Crippen LogP contribution in [0.4, 0.5) is 0 Å². The van der Waals surface area contributed by atoms with E-state index in [4.69, 9.17) is 9.88 Å². The van der Waals surface area contributed by atoms with E-state index >= 15 is 0 Å². The molecule has 0 spiro atoms. The van der Waals surface area contributed by atoms with Gasteiger partial charge in [-0.3, -0.25) is 0 Å². The molecule has 0 atom stereocenters. The topological polar surface area (TPSA) is 86.5 Å². The summed E-state index contributed by atoms with van der Waals surface area (Å²) in [6, 6.07) is 4.37. The van der Waals surface area contributed by atoms with Gasteiger partial charge in [0.15, 0.2) is 0 Å². The standard InChI is InChI=1S/C9H10BrNO4S/c1-2-15-9(12)6-4-3-5-7(10)8(6)16(11,13)14/h3-5H,2H2,1H3,(H2,11,13,14). The first-order valence-corrected chi connectivity index (χ1v) is 6.70. The molecule has 1 rings (SSSR count). The van der Waals surface area contributed by atoms with E-state index < -0.39 is 16.0 Å². The number of rotatable bonds is 3. The Morgan fingerprint density at radius 3 is 2.62 bits per heavy atom. The summed E-state index contributed by atoms with van der Waals surface area (Å²) in [4.78, 5) is 11.2. The zero-order valence-electron chi connectivity index (χ0n) is 8.44. The molecule has 2 N–H and O–H groups in total. The number of primary sulfonamides is 1. The van der Waals surface area contributed by atoms with E-state index in [9.17, 15) is 13.2 Å². The van der Waals surface area contributed by atoms with Crippen LogP contribution in [0.25, 0.3) is 0 Å². The van der Waals surface area contributed by atoms with Crippen molar-refractivity contribution in [3.05, 3.63) is 28.2 Å². The zero-order valence-corrected chi connectivity index (χ0v) is 10.8. The molecule has 0 saturated heterocycles. The molecule has 0 aliphatic carbocycles. The highest BCUT2D eigenvalue weighted by molar-refractivity contribution is 9.10. The van der Waals surface area contributed by atoms with Crippen LogP contribution in [0.2, 0.25) is 0 Å². The third kappa shape index (κ3) is 2.81. The van der Waals surface area contributed by atoms with Crippen LogP contribution in [0, 0.1) is 0 Å². The minimum absolute atomic E-state index is 0.0706. The quantitative estimate of drug-likeness (QED) is 0.852. The van der Waals surface area contributed by atoms with Crippen LogP contribution >= 0.6 is 15.9 Å². The van der Waals surface area contributed by atoms with Crippen molar-refractivity contribution in [3.8, 4) is 0 Å². The van der Waals surface area contributed by atoms with E-state index in [0.717, 1.165) is 0 Å². The lowest BCUT2D eigenvalue weighted by Crippen LogP contribution is -2.18. The van der Waals surface area contributed by atoms with Crippen LogP contribution in [-0.4, -0.2) is 21.0 Å². The van der Waals surface area contributed by atoms with Gasteiger partial charge in [-0.25, -0.2) is 18.4 Å². The maximum absolute atomic E-state index is 11.5. The highest BCUT2D eigenvalue weighted by Gasteiger charge is 2.22. The number of ether oxygens (including phenoxy) is 1. The molecule has 0 bridgehead atoms. The summed E-state index contributed by atoms with van der Waals surface area (Å²) in [5.74, 6) is -0.715. The maximum atomic E-state index is 11.5. The first-order valence-electron chi connectivity index (χ1n) is 4.36. The molecule has 0 heterocycles. The van der Waals surface area contributed by atoms with Crippen LogP contribution in [-0.2, 0) is 14.8 Å². The zero-order chi connectivity index (χ0) is 12.3. The molecule has 16 heavy (non-hydrogen) atoms. The van der Waals surface area contributed by atoms with E-state index in [1.165, 1.54) is 18.2 Å². The van der Waals surface area contributed by atoms with Crippen molar-refractivity contribution in [1.29, 1.82) is 0 Å². The van der Waals surface area contributed by atoms with Gasteiger partial charge in [0.1, 0.15) is 4.90 Å². The fourth-order valence-corrected chi connectivity index (χ4v) is 3.01. The van der Waals surface area contributed by atoms with E-state index in [0.29, 0.717) is 0 Å². The molecular weight excluding hydrogens is 298 g/mol. The van der Waals surface area contributed by atoms with Crippen LogP contribution in [0.5, 0.6) is 0 Å². The Kier molecular flexibility index (Phi) is 4.06. The average molecular weight is 308 g/mol. The predicted octanol–water partition coefficient (Wildman–Crippen LogP) is 1.27. The van der Waals surface area contributed by atoms with Crippen molar-refractivity contribution in [2.24, 2.45) is 5.14 Å². The Morgan fingerprint density at radius 2 is 2.12 bits per heavy atom. The average Bonchev–Trinajstić information content (AvgIpc) is 2.15. The molecule has 0 aromatic heterocycles.